The van der Waals surface area contributed by atoms with Crippen LogP contribution in [0.15, 0.2) is 18.2 Å². The van der Waals surface area contributed by atoms with Gasteiger partial charge in [-0.25, -0.2) is 0 Å². The smallest absolute Gasteiger partial charge is 0.333 e. The summed E-state index contributed by atoms with van der Waals surface area (Å²) in [7, 11) is -4.26. The molecule has 23 heavy (non-hydrogen) atoms. The Morgan fingerprint density at radius 3 is 2.57 bits per heavy atom. The number of nitrogens with one attached hydrogen (secondary N) is 1. The number of fused-ring (bicyclic) bond motifs is 1. The summed E-state index contributed by atoms with van der Waals surface area (Å²) >= 11 is 0. The molecule has 2 N–H and O–H groups in total. The van der Waals surface area contributed by atoms with Crippen molar-refractivity contribution in [1.29, 1.82) is 0 Å². The van der Waals surface area contributed by atoms with Crippen molar-refractivity contribution in [3.05, 3.63) is 29.3 Å². The topological polar surface area (TPSA) is 84.9 Å². The molecule has 2 rings (SSSR count). The largest absolute Gasteiger partial charge is 0.464 e. The van der Waals surface area contributed by atoms with Crippen LogP contribution in [0.1, 0.15) is 58.2 Å². The third kappa shape index (κ3) is 4.03. The molecular formula is C16H25NO5S. The number of hydrogen-bond acceptors (Lipinski definition) is 4. The van der Waals surface area contributed by atoms with Gasteiger partial charge in [-0.05, 0) is 51.8 Å². The normalized spacial score (nSPS) is 21.1. The van der Waals surface area contributed by atoms with E-state index in [0.29, 0.717) is 6.42 Å². The second-order valence-electron chi connectivity index (χ2n) is 6.67. The Balaban J connectivity index is 2.34. The van der Waals surface area contributed by atoms with E-state index in [4.69, 9.17) is 14.0 Å². The van der Waals surface area contributed by atoms with Crippen LogP contribution in [0.2, 0.25) is 0 Å². The van der Waals surface area contributed by atoms with Crippen molar-refractivity contribution in [3.63, 3.8) is 0 Å². The molecule has 0 spiro atoms. The van der Waals surface area contributed by atoms with Gasteiger partial charge in [0.1, 0.15) is 5.75 Å². The quantitative estimate of drug-likeness (QED) is 0.776. The summed E-state index contributed by atoms with van der Waals surface area (Å²) in [4.78, 5) is 0. The van der Waals surface area contributed by atoms with E-state index in [1.807, 2.05) is 46.8 Å². The molecule has 0 saturated carbocycles. The van der Waals surface area contributed by atoms with E-state index in [1.165, 1.54) is 0 Å². The Labute approximate surface area is 138 Å². The first kappa shape index (κ1) is 18.2. The lowest BCUT2D eigenvalue weighted by Gasteiger charge is -2.27. The highest BCUT2D eigenvalue weighted by atomic mass is 32.2. The van der Waals surface area contributed by atoms with Crippen LogP contribution in [0.3, 0.4) is 0 Å². The fourth-order valence-electron chi connectivity index (χ4n) is 2.77. The fourth-order valence-corrected chi connectivity index (χ4v) is 3.43. The first-order chi connectivity index (χ1) is 10.5. The molecule has 0 aliphatic carbocycles. The molecule has 0 saturated heterocycles. The van der Waals surface area contributed by atoms with E-state index in [1.54, 1.807) is 6.07 Å². The molecule has 0 amide bonds. The van der Waals surface area contributed by atoms with E-state index in [0.717, 1.165) is 16.9 Å². The van der Waals surface area contributed by atoms with Gasteiger partial charge in [0.05, 0.1) is 11.5 Å². The van der Waals surface area contributed by atoms with Crippen molar-refractivity contribution in [1.82, 2.24) is 4.72 Å². The second kappa shape index (κ2) is 6.39. The molecule has 7 heteroatoms. The molecular weight excluding hydrogens is 318 g/mol. The molecule has 0 bridgehead atoms. The Hall–Kier alpha value is -1.15. The van der Waals surface area contributed by atoms with Crippen LogP contribution in [0, 0.1) is 0 Å². The minimum absolute atomic E-state index is 0.0395. The van der Waals surface area contributed by atoms with Crippen molar-refractivity contribution in [2.75, 3.05) is 0 Å². The minimum atomic E-state index is -4.26. The van der Waals surface area contributed by atoms with Gasteiger partial charge < -0.3 is 9.47 Å². The zero-order chi connectivity index (χ0) is 17.4. The standard InChI is InChI=1S/C16H25NO5S/c1-6-13(17-23(18,19)20)11-7-8-14-12(9-11)16(4,5)15(22-14)21-10(2)3/h7-10,13,15,17H,6H2,1-5H3,(H,18,19,20). The lowest BCUT2D eigenvalue weighted by molar-refractivity contribution is -0.128. The average molecular weight is 343 g/mol. The summed E-state index contributed by atoms with van der Waals surface area (Å²) in [6, 6.07) is 5.06. The number of benzene rings is 1. The van der Waals surface area contributed by atoms with Crippen LogP contribution >= 0.6 is 0 Å². The third-order valence-electron chi connectivity index (χ3n) is 4.02. The van der Waals surface area contributed by atoms with Gasteiger partial charge in [0.2, 0.25) is 6.29 Å². The molecule has 130 valence electrons. The van der Waals surface area contributed by atoms with E-state index in [2.05, 4.69) is 4.72 Å². The van der Waals surface area contributed by atoms with Gasteiger partial charge in [-0.15, -0.1) is 0 Å². The van der Waals surface area contributed by atoms with Crippen molar-refractivity contribution < 1.29 is 22.4 Å². The maximum atomic E-state index is 11.1. The monoisotopic (exact) mass is 343 g/mol. The van der Waals surface area contributed by atoms with Crippen molar-refractivity contribution >= 4 is 10.3 Å². The van der Waals surface area contributed by atoms with Crippen molar-refractivity contribution in [3.8, 4) is 5.75 Å². The van der Waals surface area contributed by atoms with Crippen LogP contribution in [-0.4, -0.2) is 25.4 Å². The highest BCUT2D eigenvalue weighted by Gasteiger charge is 2.43. The highest BCUT2D eigenvalue weighted by molar-refractivity contribution is 7.83. The first-order valence-corrected chi connectivity index (χ1v) is 9.20. The van der Waals surface area contributed by atoms with Crippen LogP contribution in [0.5, 0.6) is 5.75 Å². The van der Waals surface area contributed by atoms with Crippen LogP contribution in [0.25, 0.3) is 0 Å². The molecule has 1 heterocycles. The van der Waals surface area contributed by atoms with Gasteiger partial charge in [-0.3, -0.25) is 4.55 Å². The summed E-state index contributed by atoms with van der Waals surface area (Å²) in [5.74, 6) is 0.742. The van der Waals surface area contributed by atoms with Crippen LogP contribution < -0.4 is 9.46 Å². The van der Waals surface area contributed by atoms with E-state index < -0.39 is 16.3 Å². The molecule has 0 fully saturated rings. The first-order valence-electron chi connectivity index (χ1n) is 7.76. The predicted molar refractivity (Wildman–Crippen MR) is 87.8 cm³/mol. The van der Waals surface area contributed by atoms with Crippen molar-refractivity contribution in [2.24, 2.45) is 0 Å². The van der Waals surface area contributed by atoms with E-state index in [9.17, 15) is 8.42 Å². The zero-order valence-electron chi connectivity index (χ0n) is 14.2. The SMILES string of the molecule is CCC(NS(=O)(=O)O)c1ccc2c(c1)C(C)(C)C(OC(C)C)O2. The van der Waals surface area contributed by atoms with Gasteiger partial charge in [0, 0.05) is 11.6 Å². The minimum Gasteiger partial charge on any atom is -0.464 e. The third-order valence-corrected chi connectivity index (χ3v) is 4.60. The Bertz CT molecular complexity index is 669. The molecule has 2 unspecified atom stereocenters. The zero-order valence-corrected chi connectivity index (χ0v) is 15.0. The molecule has 0 radical (unpaired) electrons. The number of hydrogen-bond donors (Lipinski definition) is 2. The summed E-state index contributed by atoms with van der Waals surface area (Å²) in [5, 5.41) is 0. The maximum absolute atomic E-state index is 11.1. The lowest BCUT2D eigenvalue weighted by Crippen LogP contribution is -2.36. The molecule has 1 aromatic rings. The van der Waals surface area contributed by atoms with E-state index >= 15 is 0 Å². The van der Waals surface area contributed by atoms with E-state index in [-0.39, 0.29) is 17.8 Å². The second-order valence-corrected chi connectivity index (χ2v) is 7.85. The molecule has 1 aliphatic heterocycles. The average Bonchev–Trinajstić information content (AvgIpc) is 2.66. The molecule has 2 atom stereocenters. The van der Waals surface area contributed by atoms with Crippen molar-refractivity contribution in [2.45, 2.75) is 64.9 Å². The predicted octanol–water partition coefficient (Wildman–Crippen LogP) is 2.95. The summed E-state index contributed by atoms with van der Waals surface area (Å²) in [6.45, 7) is 9.83. The Morgan fingerprint density at radius 2 is 2.04 bits per heavy atom. The Kier molecular flexibility index (Phi) is 5.06. The molecule has 1 aliphatic rings. The Morgan fingerprint density at radius 1 is 1.39 bits per heavy atom. The number of ether oxygens (including phenoxy) is 2. The number of rotatable bonds is 6. The summed E-state index contributed by atoms with van der Waals surface area (Å²) < 4.78 is 45.2. The van der Waals surface area contributed by atoms with Gasteiger partial charge in [0.25, 0.3) is 0 Å². The van der Waals surface area contributed by atoms with Gasteiger partial charge in [-0.2, -0.15) is 13.1 Å². The van der Waals surface area contributed by atoms with Gasteiger partial charge in [0.15, 0.2) is 0 Å². The van der Waals surface area contributed by atoms with Crippen LogP contribution in [-0.2, 0) is 20.5 Å². The maximum Gasteiger partial charge on any atom is 0.333 e. The molecule has 6 nitrogen and oxygen atoms in total. The van der Waals surface area contributed by atoms with Gasteiger partial charge in [-0.1, -0.05) is 13.0 Å². The summed E-state index contributed by atoms with van der Waals surface area (Å²) in [5.41, 5.74) is 1.40. The molecule has 0 aromatic heterocycles. The summed E-state index contributed by atoms with van der Waals surface area (Å²) in [6.07, 6.45) is 0.172. The lowest BCUT2D eigenvalue weighted by atomic mass is 9.84. The van der Waals surface area contributed by atoms with Gasteiger partial charge >= 0.3 is 10.3 Å². The van der Waals surface area contributed by atoms with Crippen LogP contribution in [0.4, 0.5) is 0 Å². The highest BCUT2D eigenvalue weighted by Crippen LogP contribution is 2.44. The molecule has 1 aromatic carbocycles. The fraction of sp³-hybridized carbons (Fsp3) is 0.625.